The molecule has 3 nitrogen and oxygen atoms in total. The molecule has 0 saturated carbocycles. The highest BCUT2D eigenvalue weighted by Crippen LogP contribution is 2.38. The zero-order valence-corrected chi connectivity index (χ0v) is 14.1. The monoisotopic (exact) mass is 294 g/mol. The minimum atomic E-state index is -1.95. The Morgan fingerprint density at radius 1 is 1.25 bits per heavy atom. The van der Waals surface area contributed by atoms with Crippen LogP contribution in [0.3, 0.4) is 0 Å². The van der Waals surface area contributed by atoms with Crippen molar-refractivity contribution in [3.63, 3.8) is 0 Å². The number of aliphatic carboxylic acids is 1. The van der Waals surface area contributed by atoms with Gasteiger partial charge in [-0.25, -0.2) is 0 Å². The average molecular weight is 294 g/mol. The first-order valence-corrected chi connectivity index (χ1v) is 9.96. The molecule has 20 heavy (non-hydrogen) atoms. The summed E-state index contributed by atoms with van der Waals surface area (Å²) in [6, 6.07) is 9.94. The molecule has 0 bridgehead atoms. The quantitative estimate of drug-likeness (QED) is 0.804. The lowest BCUT2D eigenvalue weighted by atomic mass is 10.1. The molecule has 0 heterocycles. The first-order valence-electron chi connectivity index (χ1n) is 7.05. The van der Waals surface area contributed by atoms with E-state index in [4.69, 9.17) is 9.53 Å². The molecule has 1 aromatic carbocycles. The number of carbonyl (C=O) groups is 1. The third-order valence-electron chi connectivity index (χ3n) is 3.98. The third-order valence-corrected chi connectivity index (χ3v) is 8.51. The van der Waals surface area contributed by atoms with E-state index in [-0.39, 0.29) is 17.6 Å². The zero-order chi connectivity index (χ0) is 15.4. The van der Waals surface area contributed by atoms with E-state index >= 15 is 0 Å². The summed E-state index contributed by atoms with van der Waals surface area (Å²) in [5, 5.41) is 9.18. The molecule has 0 radical (unpaired) electrons. The highest BCUT2D eigenvalue weighted by Gasteiger charge is 2.39. The van der Waals surface area contributed by atoms with Crippen LogP contribution in [0.4, 0.5) is 0 Å². The number of benzene rings is 1. The molecule has 0 amide bonds. The van der Waals surface area contributed by atoms with Crippen molar-refractivity contribution in [2.45, 2.75) is 57.8 Å². The third kappa shape index (κ3) is 5.10. The van der Waals surface area contributed by atoms with E-state index in [1.54, 1.807) is 0 Å². The Hall–Kier alpha value is -1.13. The van der Waals surface area contributed by atoms with Crippen molar-refractivity contribution < 1.29 is 14.3 Å². The van der Waals surface area contributed by atoms with Crippen LogP contribution < -0.4 is 0 Å². The number of rotatable bonds is 6. The van der Waals surface area contributed by atoms with Gasteiger partial charge in [-0.05, 0) is 30.1 Å². The smallest absolute Gasteiger partial charge is 0.305 e. The summed E-state index contributed by atoms with van der Waals surface area (Å²) < 4.78 is 6.28. The van der Waals surface area contributed by atoms with Crippen LogP contribution in [0.25, 0.3) is 0 Å². The van der Waals surface area contributed by atoms with E-state index in [2.05, 4.69) is 33.9 Å². The largest absolute Gasteiger partial charge is 0.481 e. The van der Waals surface area contributed by atoms with Crippen LogP contribution in [0.15, 0.2) is 30.3 Å². The highest BCUT2D eigenvalue weighted by molar-refractivity contribution is 6.74. The van der Waals surface area contributed by atoms with Crippen molar-refractivity contribution in [1.82, 2.24) is 0 Å². The minimum Gasteiger partial charge on any atom is -0.481 e. The predicted molar refractivity (Wildman–Crippen MR) is 84.5 cm³/mol. The number of carboxylic acid groups (broad SMARTS) is 1. The van der Waals surface area contributed by atoms with Crippen molar-refractivity contribution in [3.05, 3.63) is 35.9 Å². The van der Waals surface area contributed by atoms with Gasteiger partial charge in [0.2, 0.25) is 0 Å². The maximum absolute atomic E-state index is 11.1. The van der Waals surface area contributed by atoms with Gasteiger partial charge < -0.3 is 9.53 Å². The normalized spacial score (nSPS) is 14.1. The van der Waals surface area contributed by atoms with E-state index in [1.165, 1.54) is 0 Å². The van der Waals surface area contributed by atoms with E-state index in [0.29, 0.717) is 6.42 Å². The average Bonchev–Trinajstić information content (AvgIpc) is 2.27. The number of carboxylic acids is 1. The summed E-state index contributed by atoms with van der Waals surface area (Å²) in [6.45, 7) is 10.8. The molecular formula is C16H26O3Si. The summed E-state index contributed by atoms with van der Waals surface area (Å²) >= 11 is 0. The predicted octanol–water partition coefficient (Wildman–Crippen LogP) is 4.09. The lowest BCUT2D eigenvalue weighted by Crippen LogP contribution is -2.45. The van der Waals surface area contributed by atoms with Crippen molar-refractivity contribution >= 4 is 14.3 Å². The molecule has 0 aliphatic carbocycles. The van der Waals surface area contributed by atoms with Crippen LogP contribution in [-0.4, -0.2) is 25.5 Å². The lowest BCUT2D eigenvalue weighted by molar-refractivity contribution is -0.138. The summed E-state index contributed by atoms with van der Waals surface area (Å²) in [6.07, 6.45) is 0.455. The van der Waals surface area contributed by atoms with Crippen LogP contribution in [0.2, 0.25) is 18.1 Å². The summed E-state index contributed by atoms with van der Waals surface area (Å²) in [5.41, 5.74) is 1.12. The molecule has 0 saturated heterocycles. The van der Waals surface area contributed by atoms with E-state index in [0.717, 1.165) is 5.56 Å². The van der Waals surface area contributed by atoms with Crippen LogP contribution in [0.5, 0.6) is 0 Å². The van der Waals surface area contributed by atoms with Gasteiger partial charge in [0.1, 0.15) is 0 Å². The van der Waals surface area contributed by atoms with E-state index < -0.39 is 14.3 Å². The molecule has 0 aromatic heterocycles. The van der Waals surface area contributed by atoms with Gasteiger partial charge in [-0.2, -0.15) is 0 Å². The molecule has 1 rings (SSSR count). The van der Waals surface area contributed by atoms with Crippen LogP contribution in [-0.2, 0) is 15.6 Å². The van der Waals surface area contributed by atoms with E-state index in [9.17, 15) is 4.79 Å². The molecule has 0 aliphatic heterocycles. The van der Waals surface area contributed by atoms with Gasteiger partial charge >= 0.3 is 5.97 Å². The van der Waals surface area contributed by atoms with Crippen LogP contribution in [0.1, 0.15) is 32.8 Å². The van der Waals surface area contributed by atoms with Crippen LogP contribution >= 0.6 is 0 Å². The standard InChI is InChI=1S/C16H26O3Si/c1-16(2,3)20(4,5)19-14(12-15(17)18)11-13-9-7-6-8-10-13/h6-10,14H,11-12H2,1-5H3,(H,17,18). The topological polar surface area (TPSA) is 46.5 Å². The van der Waals surface area contributed by atoms with Crippen molar-refractivity contribution in [2.75, 3.05) is 0 Å². The highest BCUT2D eigenvalue weighted by atomic mass is 28.4. The van der Waals surface area contributed by atoms with Gasteiger partial charge in [-0.3, -0.25) is 4.79 Å². The number of hydrogen-bond acceptors (Lipinski definition) is 2. The molecule has 112 valence electrons. The van der Waals surface area contributed by atoms with Crippen molar-refractivity contribution in [3.8, 4) is 0 Å². The van der Waals surface area contributed by atoms with Gasteiger partial charge in [0, 0.05) is 0 Å². The van der Waals surface area contributed by atoms with Gasteiger partial charge in [0.15, 0.2) is 8.32 Å². The first-order chi connectivity index (χ1) is 9.12. The maximum atomic E-state index is 11.1. The first kappa shape index (κ1) is 16.9. The van der Waals surface area contributed by atoms with E-state index in [1.807, 2.05) is 30.3 Å². The minimum absolute atomic E-state index is 0.0569. The van der Waals surface area contributed by atoms with Gasteiger partial charge in [-0.15, -0.1) is 0 Å². The SMILES string of the molecule is CC(C)(C)[Si](C)(C)OC(CC(=O)O)Cc1ccccc1. The Morgan fingerprint density at radius 2 is 1.80 bits per heavy atom. The second-order valence-corrected chi connectivity index (χ2v) is 11.5. The fourth-order valence-corrected chi connectivity index (χ4v) is 3.17. The molecule has 1 N–H and O–H groups in total. The van der Waals surface area contributed by atoms with Gasteiger partial charge in [0.05, 0.1) is 12.5 Å². The second kappa shape index (κ2) is 6.55. The van der Waals surface area contributed by atoms with Gasteiger partial charge in [-0.1, -0.05) is 51.1 Å². The van der Waals surface area contributed by atoms with Crippen LogP contribution in [0, 0.1) is 0 Å². The summed E-state index contributed by atoms with van der Waals surface area (Å²) in [4.78, 5) is 11.1. The number of hydrogen-bond donors (Lipinski definition) is 1. The summed E-state index contributed by atoms with van der Waals surface area (Å²) in [7, 11) is -1.95. The molecule has 0 fully saturated rings. The lowest BCUT2D eigenvalue weighted by Gasteiger charge is -2.39. The maximum Gasteiger partial charge on any atom is 0.305 e. The fourth-order valence-electron chi connectivity index (χ4n) is 1.82. The van der Waals surface area contributed by atoms with Crippen molar-refractivity contribution in [2.24, 2.45) is 0 Å². The Balaban J connectivity index is 2.82. The second-order valence-electron chi connectivity index (χ2n) is 6.79. The molecule has 1 aromatic rings. The Bertz CT molecular complexity index is 435. The zero-order valence-electron chi connectivity index (χ0n) is 13.1. The summed E-state index contributed by atoms with van der Waals surface area (Å²) in [5.74, 6) is -0.801. The molecule has 4 heteroatoms. The van der Waals surface area contributed by atoms with Gasteiger partial charge in [0.25, 0.3) is 0 Å². The Labute approximate surface area is 123 Å². The Morgan fingerprint density at radius 3 is 2.25 bits per heavy atom. The fraction of sp³-hybridized carbons (Fsp3) is 0.562. The Kier molecular flexibility index (Phi) is 5.54. The molecular weight excluding hydrogens is 268 g/mol. The molecule has 0 spiro atoms. The van der Waals surface area contributed by atoms with Crippen molar-refractivity contribution in [1.29, 1.82) is 0 Å². The molecule has 1 atom stereocenters. The molecule has 0 aliphatic rings. The molecule has 1 unspecified atom stereocenters.